The Balaban J connectivity index is 2.53. The van der Waals surface area contributed by atoms with Crippen molar-refractivity contribution in [1.82, 2.24) is 9.97 Å². The lowest BCUT2D eigenvalue weighted by Gasteiger charge is -2.21. The summed E-state index contributed by atoms with van der Waals surface area (Å²) >= 11 is 0. The zero-order chi connectivity index (χ0) is 12.7. The fraction of sp³-hybridized carbons (Fsp3) is 0.667. The van der Waals surface area contributed by atoms with Gasteiger partial charge >= 0.3 is 0 Å². The highest BCUT2D eigenvalue weighted by molar-refractivity contribution is 5.37. The molecule has 0 saturated heterocycles. The molecule has 0 radical (unpaired) electrons. The molecule has 1 rings (SSSR count). The molecule has 0 bridgehead atoms. The summed E-state index contributed by atoms with van der Waals surface area (Å²) in [6.45, 7) is 6.86. The van der Waals surface area contributed by atoms with Crippen LogP contribution in [0.4, 0.5) is 5.82 Å². The van der Waals surface area contributed by atoms with E-state index in [-0.39, 0.29) is 0 Å². The molecule has 1 unspecified atom stereocenters. The quantitative estimate of drug-likeness (QED) is 0.760. The van der Waals surface area contributed by atoms with E-state index in [0.717, 1.165) is 6.42 Å². The predicted molar refractivity (Wildman–Crippen MR) is 67.2 cm³/mol. The number of hydrogen-bond acceptors (Lipinski definition) is 5. The number of hydrogen-bond donors (Lipinski definition) is 2. The molecule has 2 N–H and O–H groups in total. The molecule has 1 atom stereocenters. The van der Waals surface area contributed by atoms with Gasteiger partial charge in [-0.2, -0.15) is 0 Å². The normalized spacial score (nSPS) is 14.1. The maximum absolute atomic E-state index is 9.86. The summed E-state index contributed by atoms with van der Waals surface area (Å²) in [6, 6.07) is 1.74. The van der Waals surface area contributed by atoms with E-state index in [9.17, 15) is 5.11 Å². The molecule has 0 aromatic carbocycles. The van der Waals surface area contributed by atoms with Crippen molar-refractivity contribution < 1.29 is 9.84 Å². The molecule has 1 aromatic rings. The first-order valence-corrected chi connectivity index (χ1v) is 5.98. The van der Waals surface area contributed by atoms with Crippen molar-refractivity contribution in [3.05, 3.63) is 12.4 Å². The fourth-order valence-electron chi connectivity index (χ4n) is 1.13. The lowest BCUT2D eigenvalue weighted by atomic mass is 10.0. The number of nitrogens with one attached hydrogen (secondary N) is 1. The minimum absolute atomic E-state index is 0.452. The minimum Gasteiger partial charge on any atom is -0.478 e. The molecule has 0 aliphatic rings. The van der Waals surface area contributed by atoms with Crippen LogP contribution in [0.1, 0.15) is 33.6 Å². The zero-order valence-corrected chi connectivity index (χ0v) is 10.7. The number of nitrogens with zero attached hydrogens (tertiary/aromatic N) is 2. The molecule has 0 saturated carbocycles. The molecular formula is C12H21N3O2. The third-order valence-corrected chi connectivity index (χ3v) is 2.51. The molecule has 0 aliphatic heterocycles. The number of rotatable bonds is 7. The molecule has 0 amide bonds. The second-order valence-corrected chi connectivity index (χ2v) is 4.29. The van der Waals surface area contributed by atoms with Crippen molar-refractivity contribution in [1.29, 1.82) is 0 Å². The Kier molecular flexibility index (Phi) is 5.15. The molecule has 5 heteroatoms. The summed E-state index contributed by atoms with van der Waals surface area (Å²) in [6.07, 6.45) is 3.08. The van der Waals surface area contributed by atoms with Gasteiger partial charge in [-0.25, -0.2) is 9.97 Å². The highest BCUT2D eigenvalue weighted by atomic mass is 16.5. The van der Waals surface area contributed by atoms with E-state index in [1.165, 1.54) is 6.33 Å². The van der Waals surface area contributed by atoms with Gasteiger partial charge in [-0.15, -0.1) is 0 Å². The van der Waals surface area contributed by atoms with Gasteiger partial charge in [0, 0.05) is 12.6 Å². The maximum atomic E-state index is 9.86. The van der Waals surface area contributed by atoms with Gasteiger partial charge in [0.25, 0.3) is 0 Å². The van der Waals surface area contributed by atoms with Gasteiger partial charge in [0.05, 0.1) is 12.2 Å². The average Bonchev–Trinajstić information content (AvgIpc) is 2.35. The Bertz CT molecular complexity index is 342. The molecule has 5 nitrogen and oxygen atoms in total. The van der Waals surface area contributed by atoms with Crippen molar-refractivity contribution in [2.45, 2.75) is 39.2 Å². The molecule has 0 aliphatic carbocycles. The molecule has 96 valence electrons. The molecule has 0 spiro atoms. The van der Waals surface area contributed by atoms with Crippen molar-refractivity contribution in [2.75, 3.05) is 18.5 Å². The topological polar surface area (TPSA) is 67.3 Å². The van der Waals surface area contributed by atoms with Crippen LogP contribution in [0.3, 0.4) is 0 Å². The summed E-state index contributed by atoms with van der Waals surface area (Å²) in [5, 5.41) is 12.9. The van der Waals surface area contributed by atoms with E-state index in [2.05, 4.69) is 15.3 Å². The minimum atomic E-state index is -0.727. The Hall–Kier alpha value is -1.36. The summed E-state index contributed by atoms with van der Waals surface area (Å²) in [5.41, 5.74) is -0.727. The lowest BCUT2D eigenvalue weighted by molar-refractivity contribution is 0.0696. The number of aliphatic hydroxyl groups is 1. The van der Waals surface area contributed by atoms with Crippen LogP contribution < -0.4 is 10.1 Å². The van der Waals surface area contributed by atoms with E-state index < -0.39 is 5.60 Å². The number of ether oxygens (including phenoxy) is 1. The van der Waals surface area contributed by atoms with Gasteiger partial charge in [-0.3, -0.25) is 0 Å². The van der Waals surface area contributed by atoms with Gasteiger partial charge in [0.1, 0.15) is 12.1 Å². The SMILES string of the molecule is CCCOc1cc(NCC(C)(O)CC)ncn1. The van der Waals surface area contributed by atoms with Gasteiger partial charge in [0.2, 0.25) is 5.88 Å². The Morgan fingerprint density at radius 2 is 2.18 bits per heavy atom. The summed E-state index contributed by atoms with van der Waals surface area (Å²) < 4.78 is 5.40. The van der Waals surface area contributed by atoms with Crippen LogP contribution in [0.25, 0.3) is 0 Å². The number of aromatic nitrogens is 2. The summed E-state index contributed by atoms with van der Waals surface area (Å²) in [5.74, 6) is 1.22. The summed E-state index contributed by atoms with van der Waals surface area (Å²) in [7, 11) is 0. The average molecular weight is 239 g/mol. The first kappa shape index (κ1) is 13.7. The first-order chi connectivity index (χ1) is 8.07. The van der Waals surface area contributed by atoms with E-state index in [1.807, 2.05) is 13.8 Å². The van der Waals surface area contributed by atoms with Crippen LogP contribution in [0.2, 0.25) is 0 Å². The Morgan fingerprint density at radius 3 is 2.82 bits per heavy atom. The van der Waals surface area contributed by atoms with Crippen LogP contribution in [-0.2, 0) is 0 Å². The Morgan fingerprint density at radius 1 is 1.41 bits per heavy atom. The molecule has 0 fully saturated rings. The summed E-state index contributed by atoms with van der Waals surface area (Å²) in [4.78, 5) is 8.08. The van der Waals surface area contributed by atoms with Crippen molar-refractivity contribution in [3.63, 3.8) is 0 Å². The van der Waals surface area contributed by atoms with Crippen LogP contribution in [0.5, 0.6) is 5.88 Å². The third kappa shape index (κ3) is 4.99. The van der Waals surface area contributed by atoms with Crippen LogP contribution in [-0.4, -0.2) is 33.8 Å². The van der Waals surface area contributed by atoms with Gasteiger partial charge in [-0.1, -0.05) is 13.8 Å². The zero-order valence-electron chi connectivity index (χ0n) is 10.7. The van der Waals surface area contributed by atoms with E-state index in [0.29, 0.717) is 31.3 Å². The number of anilines is 1. The first-order valence-electron chi connectivity index (χ1n) is 5.98. The molecule has 1 aromatic heterocycles. The Labute approximate surface area is 102 Å². The highest BCUT2D eigenvalue weighted by Gasteiger charge is 2.17. The van der Waals surface area contributed by atoms with Crippen LogP contribution >= 0.6 is 0 Å². The van der Waals surface area contributed by atoms with E-state index in [1.54, 1.807) is 13.0 Å². The van der Waals surface area contributed by atoms with Gasteiger partial charge < -0.3 is 15.2 Å². The highest BCUT2D eigenvalue weighted by Crippen LogP contribution is 2.14. The van der Waals surface area contributed by atoms with Crippen LogP contribution in [0.15, 0.2) is 12.4 Å². The van der Waals surface area contributed by atoms with E-state index >= 15 is 0 Å². The fourth-order valence-corrected chi connectivity index (χ4v) is 1.13. The predicted octanol–water partition coefficient (Wildman–Crippen LogP) is 1.84. The van der Waals surface area contributed by atoms with Crippen LogP contribution in [0, 0.1) is 0 Å². The van der Waals surface area contributed by atoms with Gasteiger partial charge in [-0.05, 0) is 19.8 Å². The largest absolute Gasteiger partial charge is 0.478 e. The molecule has 1 heterocycles. The second-order valence-electron chi connectivity index (χ2n) is 4.29. The molecule has 17 heavy (non-hydrogen) atoms. The lowest BCUT2D eigenvalue weighted by Crippen LogP contribution is -2.32. The van der Waals surface area contributed by atoms with Crippen molar-refractivity contribution in [3.8, 4) is 5.88 Å². The second kappa shape index (κ2) is 6.39. The van der Waals surface area contributed by atoms with E-state index in [4.69, 9.17) is 4.74 Å². The maximum Gasteiger partial charge on any atom is 0.218 e. The molecular weight excluding hydrogens is 218 g/mol. The monoisotopic (exact) mass is 239 g/mol. The smallest absolute Gasteiger partial charge is 0.218 e. The van der Waals surface area contributed by atoms with Crippen molar-refractivity contribution in [2.24, 2.45) is 0 Å². The van der Waals surface area contributed by atoms with Gasteiger partial charge in [0.15, 0.2) is 0 Å². The third-order valence-electron chi connectivity index (χ3n) is 2.51. The van der Waals surface area contributed by atoms with Crippen molar-refractivity contribution >= 4 is 5.82 Å². The standard InChI is InChI=1S/C12H21N3O2/c1-4-6-17-11-7-10(14-9-15-11)13-8-12(3,16)5-2/h7,9,16H,4-6,8H2,1-3H3,(H,13,14,15).